The van der Waals surface area contributed by atoms with E-state index < -0.39 is 0 Å². The third kappa shape index (κ3) is 2.63. The molecule has 1 unspecified atom stereocenters. The second kappa shape index (κ2) is 5.85. The molecule has 0 saturated heterocycles. The standard InChI is InChI=1S/C14H16BrClN4/c15-11-7-10(1-2-12(11)16)13(8-17)20-6-5-19-4-3-18-14(19)9-20/h1-4,7,13H,5-6,8-9,17H2. The van der Waals surface area contributed by atoms with Crippen LogP contribution in [0, 0.1) is 0 Å². The SMILES string of the molecule is NCC(c1ccc(Cl)c(Br)c1)N1CCn2ccnc2C1. The van der Waals surface area contributed by atoms with Gasteiger partial charge >= 0.3 is 0 Å². The zero-order valence-electron chi connectivity index (χ0n) is 11.0. The Morgan fingerprint density at radius 1 is 1.40 bits per heavy atom. The molecule has 0 fully saturated rings. The van der Waals surface area contributed by atoms with E-state index in [2.05, 4.69) is 36.4 Å². The highest BCUT2D eigenvalue weighted by Crippen LogP contribution is 2.29. The summed E-state index contributed by atoms with van der Waals surface area (Å²) in [6.45, 7) is 3.34. The van der Waals surface area contributed by atoms with Gasteiger partial charge in [-0.05, 0) is 33.6 Å². The average Bonchev–Trinajstić information content (AvgIpc) is 2.91. The van der Waals surface area contributed by atoms with Crippen LogP contribution in [-0.2, 0) is 13.1 Å². The maximum absolute atomic E-state index is 6.06. The summed E-state index contributed by atoms with van der Waals surface area (Å²) in [7, 11) is 0. The highest BCUT2D eigenvalue weighted by molar-refractivity contribution is 9.10. The van der Waals surface area contributed by atoms with Crippen molar-refractivity contribution in [3.8, 4) is 0 Å². The van der Waals surface area contributed by atoms with Crippen molar-refractivity contribution in [1.29, 1.82) is 0 Å². The number of rotatable bonds is 3. The van der Waals surface area contributed by atoms with Gasteiger partial charge in [-0.15, -0.1) is 0 Å². The lowest BCUT2D eigenvalue weighted by Crippen LogP contribution is -2.39. The summed E-state index contributed by atoms with van der Waals surface area (Å²) in [6, 6.07) is 6.20. The quantitative estimate of drug-likeness (QED) is 0.921. The molecule has 20 heavy (non-hydrogen) atoms. The van der Waals surface area contributed by atoms with Gasteiger partial charge in [0.1, 0.15) is 5.82 Å². The number of fused-ring (bicyclic) bond motifs is 1. The predicted molar refractivity (Wildman–Crippen MR) is 83.6 cm³/mol. The van der Waals surface area contributed by atoms with E-state index in [9.17, 15) is 0 Å². The van der Waals surface area contributed by atoms with E-state index in [1.165, 1.54) is 5.56 Å². The molecule has 6 heteroatoms. The lowest BCUT2D eigenvalue weighted by molar-refractivity contribution is 0.156. The first-order valence-electron chi connectivity index (χ1n) is 6.58. The van der Waals surface area contributed by atoms with E-state index in [-0.39, 0.29) is 6.04 Å². The summed E-state index contributed by atoms with van der Waals surface area (Å²) >= 11 is 9.54. The summed E-state index contributed by atoms with van der Waals surface area (Å²) in [5.74, 6) is 1.10. The van der Waals surface area contributed by atoms with Crippen LogP contribution in [-0.4, -0.2) is 27.5 Å². The molecule has 1 aliphatic heterocycles. The Morgan fingerprint density at radius 2 is 2.25 bits per heavy atom. The Bertz CT molecular complexity index is 613. The summed E-state index contributed by atoms with van der Waals surface area (Å²) in [5, 5.41) is 0.721. The van der Waals surface area contributed by atoms with Crippen molar-refractivity contribution in [2.24, 2.45) is 5.73 Å². The molecular weight excluding hydrogens is 340 g/mol. The maximum Gasteiger partial charge on any atom is 0.122 e. The van der Waals surface area contributed by atoms with Crippen molar-refractivity contribution in [2.45, 2.75) is 19.1 Å². The number of nitrogens with zero attached hydrogens (tertiary/aromatic N) is 3. The third-order valence-electron chi connectivity index (χ3n) is 3.77. The van der Waals surface area contributed by atoms with Gasteiger partial charge in [-0.25, -0.2) is 4.98 Å². The van der Waals surface area contributed by atoms with Gasteiger partial charge in [0.15, 0.2) is 0 Å². The molecule has 0 saturated carbocycles. The zero-order chi connectivity index (χ0) is 14.1. The molecule has 1 aliphatic rings. The van der Waals surface area contributed by atoms with Crippen LogP contribution < -0.4 is 5.73 Å². The first-order valence-corrected chi connectivity index (χ1v) is 7.75. The number of benzene rings is 1. The summed E-state index contributed by atoms with van der Waals surface area (Å²) in [4.78, 5) is 6.77. The molecule has 4 nitrogen and oxygen atoms in total. The van der Waals surface area contributed by atoms with E-state index in [0.717, 1.165) is 35.0 Å². The first kappa shape index (κ1) is 14.1. The van der Waals surface area contributed by atoms with Gasteiger partial charge in [0.2, 0.25) is 0 Å². The van der Waals surface area contributed by atoms with Gasteiger partial charge in [0.25, 0.3) is 0 Å². The zero-order valence-corrected chi connectivity index (χ0v) is 13.3. The Hall–Kier alpha value is -0.880. The molecular formula is C14H16BrClN4. The molecule has 0 bridgehead atoms. The molecule has 1 aromatic carbocycles. The Morgan fingerprint density at radius 3 is 3.00 bits per heavy atom. The molecule has 106 valence electrons. The van der Waals surface area contributed by atoms with Crippen molar-refractivity contribution in [1.82, 2.24) is 14.5 Å². The number of hydrogen-bond donors (Lipinski definition) is 1. The van der Waals surface area contributed by atoms with Crippen LogP contribution in [0.1, 0.15) is 17.4 Å². The molecule has 1 aromatic heterocycles. The molecule has 0 amide bonds. The minimum Gasteiger partial charge on any atom is -0.333 e. The van der Waals surface area contributed by atoms with Crippen LogP contribution in [0.25, 0.3) is 0 Å². The molecule has 0 radical (unpaired) electrons. The maximum atomic E-state index is 6.06. The molecule has 0 spiro atoms. The van der Waals surface area contributed by atoms with Gasteiger partial charge < -0.3 is 10.3 Å². The average molecular weight is 356 g/mol. The molecule has 3 rings (SSSR count). The lowest BCUT2D eigenvalue weighted by Gasteiger charge is -2.34. The summed E-state index contributed by atoms with van der Waals surface area (Å²) in [5.41, 5.74) is 7.19. The van der Waals surface area contributed by atoms with Crippen molar-refractivity contribution in [3.63, 3.8) is 0 Å². The van der Waals surface area contributed by atoms with Crippen LogP contribution in [0.2, 0.25) is 5.02 Å². The normalized spacial score (nSPS) is 16.9. The van der Waals surface area contributed by atoms with E-state index in [1.54, 1.807) is 0 Å². The minimum absolute atomic E-state index is 0.189. The third-order valence-corrected chi connectivity index (χ3v) is 4.98. The van der Waals surface area contributed by atoms with E-state index in [0.29, 0.717) is 6.54 Å². The largest absolute Gasteiger partial charge is 0.333 e. The molecule has 2 N–H and O–H groups in total. The van der Waals surface area contributed by atoms with Crippen molar-refractivity contribution in [3.05, 3.63) is 51.5 Å². The van der Waals surface area contributed by atoms with Crippen molar-refractivity contribution in [2.75, 3.05) is 13.1 Å². The fourth-order valence-corrected chi connectivity index (χ4v) is 3.19. The lowest BCUT2D eigenvalue weighted by atomic mass is 10.0. The second-order valence-corrected chi connectivity index (χ2v) is 6.19. The first-order chi connectivity index (χ1) is 9.69. The van der Waals surface area contributed by atoms with Gasteiger partial charge in [-0.2, -0.15) is 0 Å². The van der Waals surface area contributed by atoms with Gasteiger partial charge in [0, 0.05) is 42.5 Å². The molecule has 2 heterocycles. The van der Waals surface area contributed by atoms with Crippen LogP contribution in [0.4, 0.5) is 0 Å². The molecule has 1 atom stereocenters. The summed E-state index contributed by atoms with van der Waals surface area (Å²) < 4.78 is 3.11. The van der Waals surface area contributed by atoms with Gasteiger partial charge in [0.05, 0.1) is 11.6 Å². The topological polar surface area (TPSA) is 47.1 Å². The number of imidazole rings is 1. The fraction of sp³-hybridized carbons (Fsp3) is 0.357. The van der Waals surface area contributed by atoms with Crippen LogP contribution in [0.3, 0.4) is 0 Å². The Kier molecular flexibility index (Phi) is 4.12. The van der Waals surface area contributed by atoms with Gasteiger partial charge in [-0.3, -0.25) is 4.90 Å². The fourth-order valence-electron chi connectivity index (χ4n) is 2.67. The smallest absolute Gasteiger partial charge is 0.122 e. The van der Waals surface area contributed by atoms with Crippen molar-refractivity contribution >= 4 is 27.5 Å². The number of halogens is 2. The Labute approximate surface area is 131 Å². The van der Waals surface area contributed by atoms with Crippen LogP contribution >= 0.6 is 27.5 Å². The van der Waals surface area contributed by atoms with E-state index in [1.807, 2.05) is 24.5 Å². The predicted octanol–water partition coefficient (Wildman–Crippen LogP) is 2.81. The second-order valence-electron chi connectivity index (χ2n) is 4.93. The minimum atomic E-state index is 0.189. The van der Waals surface area contributed by atoms with Crippen molar-refractivity contribution < 1.29 is 0 Å². The summed E-state index contributed by atoms with van der Waals surface area (Å²) in [6.07, 6.45) is 3.89. The number of aromatic nitrogens is 2. The van der Waals surface area contributed by atoms with E-state index in [4.69, 9.17) is 17.3 Å². The highest BCUT2D eigenvalue weighted by atomic mass is 79.9. The molecule has 0 aliphatic carbocycles. The van der Waals surface area contributed by atoms with Crippen LogP contribution in [0.15, 0.2) is 35.1 Å². The number of nitrogens with two attached hydrogens (primary N) is 1. The monoisotopic (exact) mass is 354 g/mol. The molecule has 2 aromatic rings. The highest BCUT2D eigenvalue weighted by Gasteiger charge is 2.24. The van der Waals surface area contributed by atoms with Gasteiger partial charge in [-0.1, -0.05) is 17.7 Å². The Balaban J connectivity index is 1.85. The van der Waals surface area contributed by atoms with E-state index >= 15 is 0 Å². The number of hydrogen-bond acceptors (Lipinski definition) is 3. The van der Waals surface area contributed by atoms with Crippen LogP contribution in [0.5, 0.6) is 0 Å².